The molecule has 5 nitrogen and oxygen atoms in total. The number of hydrogen-bond acceptors (Lipinski definition) is 6. The van der Waals surface area contributed by atoms with Crippen LogP contribution in [-0.4, -0.2) is 22.4 Å². The fraction of sp³-hybridized carbons (Fsp3) is 0.364. The van der Waals surface area contributed by atoms with E-state index < -0.39 is 0 Å². The Morgan fingerprint density at radius 1 is 1.39 bits per heavy atom. The number of carbonyl (C=O) groups is 1. The van der Waals surface area contributed by atoms with Crippen LogP contribution in [0.25, 0.3) is 0 Å². The first kappa shape index (κ1) is 13.1. The molecule has 0 spiro atoms. The van der Waals surface area contributed by atoms with Gasteiger partial charge in [0.25, 0.3) is 0 Å². The number of carbonyl (C=O) groups excluding carboxylic acids is 1. The van der Waals surface area contributed by atoms with Gasteiger partial charge >= 0.3 is 0 Å². The molecule has 0 aliphatic heterocycles. The van der Waals surface area contributed by atoms with Gasteiger partial charge in [0.15, 0.2) is 0 Å². The van der Waals surface area contributed by atoms with Gasteiger partial charge in [-0.25, -0.2) is 9.97 Å². The molecule has 0 atom stereocenters. The van der Waals surface area contributed by atoms with Crippen LogP contribution in [0, 0.1) is 0 Å². The number of thiazole rings is 2. The highest BCUT2D eigenvalue weighted by Gasteiger charge is 2.07. The molecule has 2 aromatic heterocycles. The lowest BCUT2D eigenvalue weighted by atomic mass is 10.3. The Balaban J connectivity index is 1.79. The van der Waals surface area contributed by atoms with Crippen LogP contribution in [0.2, 0.25) is 0 Å². The summed E-state index contributed by atoms with van der Waals surface area (Å²) in [6.45, 7) is 1.07. The Morgan fingerprint density at radius 3 is 3.00 bits per heavy atom. The van der Waals surface area contributed by atoms with Crippen LogP contribution in [0.1, 0.15) is 15.7 Å². The zero-order valence-corrected chi connectivity index (χ0v) is 11.4. The second-order valence-corrected chi connectivity index (χ2v) is 5.57. The van der Waals surface area contributed by atoms with E-state index in [9.17, 15) is 4.79 Å². The fourth-order valence-corrected chi connectivity index (χ4v) is 2.78. The molecule has 0 unspecified atom stereocenters. The number of nitrogens with one attached hydrogen (secondary N) is 1. The summed E-state index contributed by atoms with van der Waals surface area (Å²) in [6.07, 6.45) is 2.81. The van der Waals surface area contributed by atoms with Crippen molar-refractivity contribution in [1.29, 1.82) is 0 Å². The predicted octanol–water partition coefficient (Wildman–Crippen LogP) is 0.960. The Hall–Kier alpha value is -1.31. The standard InChI is InChI=1S/C11H14N4OS2/c12-2-1-10-15-8(7-18-10)5-9(16)14-6-11-13-3-4-17-11/h3-4,7H,1-2,5-6,12H2,(H,14,16). The maximum atomic E-state index is 11.7. The molecule has 0 saturated heterocycles. The maximum absolute atomic E-state index is 11.7. The summed E-state index contributed by atoms with van der Waals surface area (Å²) in [5.74, 6) is -0.0326. The zero-order valence-electron chi connectivity index (χ0n) is 9.76. The molecule has 2 heterocycles. The Kier molecular flexibility index (Phi) is 4.80. The minimum absolute atomic E-state index is 0.0326. The third-order valence-corrected chi connectivity index (χ3v) is 3.96. The zero-order chi connectivity index (χ0) is 12.8. The number of nitrogens with zero attached hydrogens (tertiary/aromatic N) is 2. The first-order valence-corrected chi connectivity index (χ1v) is 7.32. The van der Waals surface area contributed by atoms with Crippen LogP contribution in [-0.2, 0) is 24.2 Å². The minimum atomic E-state index is -0.0326. The molecule has 0 aromatic carbocycles. The van der Waals surface area contributed by atoms with E-state index in [-0.39, 0.29) is 5.91 Å². The lowest BCUT2D eigenvalue weighted by Crippen LogP contribution is -2.24. The molecule has 2 aromatic rings. The predicted molar refractivity (Wildman–Crippen MR) is 72.5 cm³/mol. The Morgan fingerprint density at radius 2 is 2.28 bits per heavy atom. The number of amides is 1. The highest BCUT2D eigenvalue weighted by Crippen LogP contribution is 2.10. The van der Waals surface area contributed by atoms with Gasteiger partial charge in [0, 0.05) is 23.4 Å². The van der Waals surface area contributed by atoms with Crippen LogP contribution in [0.15, 0.2) is 17.0 Å². The van der Waals surface area contributed by atoms with Crippen molar-refractivity contribution < 1.29 is 4.79 Å². The summed E-state index contributed by atoms with van der Waals surface area (Å²) in [5.41, 5.74) is 6.26. The van der Waals surface area contributed by atoms with Gasteiger partial charge in [-0.1, -0.05) is 0 Å². The summed E-state index contributed by atoms with van der Waals surface area (Å²) in [5, 5.41) is 8.52. The van der Waals surface area contributed by atoms with Gasteiger partial charge in [-0.3, -0.25) is 4.79 Å². The SMILES string of the molecule is NCCc1nc(CC(=O)NCc2nccs2)cs1. The summed E-state index contributed by atoms with van der Waals surface area (Å²) in [4.78, 5) is 20.1. The average Bonchev–Trinajstić information content (AvgIpc) is 2.99. The van der Waals surface area contributed by atoms with E-state index in [0.717, 1.165) is 22.1 Å². The summed E-state index contributed by atoms with van der Waals surface area (Å²) >= 11 is 3.08. The van der Waals surface area contributed by atoms with Crippen molar-refractivity contribution in [2.24, 2.45) is 5.73 Å². The van der Waals surface area contributed by atoms with Crippen LogP contribution in [0.3, 0.4) is 0 Å². The molecule has 0 aliphatic carbocycles. The van der Waals surface area contributed by atoms with Gasteiger partial charge in [0.1, 0.15) is 5.01 Å². The third kappa shape index (κ3) is 3.86. The van der Waals surface area contributed by atoms with E-state index in [4.69, 9.17) is 5.73 Å². The van der Waals surface area contributed by atoms with Crippen molar-refractivity contribution in [3.63, 3.8) is 0 Å². The molecular weight excluding hydrogens is 268 g/mol. The van der Waals surface area contributed by atoms with Crippen molar-refractivity contribution in [1.82, 2.24) is 15.3 Å². The highest BCUT2D eigenvalue weighted by molar-refractivity contribution is 7.09. The fourth-order valence-electron chi connectivity index (χ4n) is 1.41. The van der Waals surface area contributed by atoms with Gasteiger partial charge in [-0.15, -0.1) is 22.7 Å². The second-order valence-electron chi connectivity index (χ2n) is 3.65. The van der Waals surface area contributed by atoms with Crippen LogP contribution in [0.4, 0.5) is 0 Å². The number of nitrogens with two attached hydrogens (primary N) is 1. The second kappa shape index (κ2) is 6.58. The smallest absolute Gasteiger partial charge is 0.226 e. The van der Waals surface area contributed by atoms with Crippen molar-refractivity contribution in [3.05, 3.63) is 32.7 Å². The van der Waals surface area contributed by atoms with Gasteiger partial charge in [0.2, 0.25) is 5.91 Å². The van der Waals surface area contributed by atoms with E-state index in [2.05, 4.69) is 15.3 Å². The molecule has 0 bridgehead atoms. The van der Waals surface area contributed by atoms with E-state index in [0.29, 0.717) is 19.5 Å². The maximum Gasteiger partial charge on any atom is 0.226 e. The Labute approximate surface area is 113 Å². The quantitative estimate of drug-likeness (QED) is 0.827. The monoisotopic (exact) mass is 282 g/mol. The van der Waals surface area contributed by atoms with Crippen molar-refractivity contribution in [2.45, 2.75) is 19.4 Å². The number of aromatic nitrogens is 2. The summed E-state index contributed by atoms with van der Waals surface area (Å²) < 4.78 is 0. The molecule has 0 radical (unpaired) electrons. The van der Waals surface area contributed by atoms with Gasteiger partial charge < -0.3 is 11.1 Å². The molecule has 18 heavy (non-hydrogen) atoms. The molecule has 3 N–H and O–H groups in total. The minimum Gasteiger partial charge on any atom is -0.349 e. The van der Waals surface area contributed by atoms with E-state index in [1.807, 2.05) is 10.8 Å². The van der Waals surface area contributed by atoms with Gasteiger partial charge in [0.05, 0.1) is 23.7 Å². The number of hydrogen-bond donors (Lipinski definition) is 2. The lowest BCUT2D eigenvalue weighted by molar-refractivity contribution is -0.120. The largest absolute Gasteiger partial charge is 0.349 e. The van der Waals surface area contributed by atoms with Crippen LogP contribution < -0.4 is 11.1 Å². The molecule has 1 amide bonds. The van der Waals surface area contributed by atoms with E-state index in [1.54, 1.807) is 17.5 Å². The van der Waals surface area contributed by atoms with Gasteiger partial charge in [-0.05, 0) is 6.54 Å². The van der Waals surface area contributed by atoms with E-state index >= 15 is 0 Å². The number of rotatable bonds is 6. The van der Waals surface area contributed by atoms with Crippen LogP contribution >= 0.6 is 22.7 Å². The topological polar surface area (TPSA) is 80.9 Å². The molecule has 0 aliphatic rings. The summed E-state index contributed by atoms with van der Waals surface area (Å²) in [6, 6.07) is 0. The average molecular weight is 282 g/mol. The molecular formula is C11H14N4OS2. The molecule has 0 fully saturated rings. The van der Waals surface area contributed by atoms with Crippen molar-refractivity contribution in [3.8, 4) is 0 Å². The lowest BCUT2D eigenvalue weighted by Gasteiger charge is -2.00. The highest BCUT2D eigenvalue weighted by atomic mass is 32.1. The van der Waals surface area contributed by atoms with Gasteiger partial charge in [-0.2, -0.15) is 0 Å². The molecule has 0 saturated carbocycles. The van der Waals surface area contributed by atoms with Crippen molar-refractivity contribution >= 4 is 28.6 Å². The van der Waals surface area contributed by atoms with Crippen molar-refractivity contribution in [2.75, 3.05) is 6.54 Å². The summed E-state index contributed by atoms with van der Waals surface area (Å²) in [7, 11) is 0. The normalized spacial score (nSPS) is 10.5. The Bertz CT molecular complexity index is 495. The third-order valence-electron chi connectivity index (χ3n) is 2.22. The first-order valence-electron chi connectivity index (χ1n) is 5.56. The van der Waals surface area contributed by atoms with Crippen LogP contribution in [0.5, 0.6) is 0 Å². The molecule has 96 valence electrons. The molecule has 2 rings (SSSR count). The first-order chi connectivity index (χ1) is 8.78. The van der Waals surface area contributed by atoms with E-state index in [1.165, 1.54) is 11.3 Å². The molecule has 7 heteroatoms.